The molecule has 0 aliphatic carbocycles. The fourth-order valence-electron chi connectivity index (χ4n) is 1.80. The minimum absolute atomic E-state index is 1.16. The standard InChI is InChI=1S/C12H18Si/c1-5-10-13(3,4)12-9-7-6-8-11(12)2/h5-9H,1,10H2,2-4H3. The van der Waals surface area contributed by atoms with Crippen LogP contribution in [0.2, 0.25) is 19.1 Å². The normalized spacial score (nSPS) is 11.3. The van der Waals surface area contributed by atoms with E-state index in [2.05, 4.69) is 56.9 Å². The Balaban J connectivity index is 3.06. The van der Waals surface area contributed by atoms with Gasteiger partial charge in [0.15, 0.2) is 0 Å². The lowest BCUT2D eigenvalue weighted by molar-refractivity contribution is 1.46. The summed E-state index contributed by atoms with van der Waals surface area (Å²) >= 11 is 0. The van der Waals surface area contributed by atoms with Crippen molar-refractivity contribution >= 4 is 13.3 Å². The summed E-state index contributed by atoms with van der Waals surface area (Å²) in [4.78, 5) is 0. The van der Waals surface area contributed by atoms with Gasteiger partial charge >= 0.3 is 0 Å². The highest BCUT2D eigenvalue weighted by molar-refractivity contribution is 6.90. The van der Waals surface area contributed by atoms with Crippen molar-refractivity contribution in [1.82, 2.24) is 0 Å². The second-order valence-corrected chi connectivity index (χ2v) is 8.91. The van der Waals surface area contributed by atoms with E-state index >= 15 is 0 Å². The van der Waals surface area contributed by atoms with E-state index < -0.39 is 8.07 Å². The summed E-state index contributed by atoms with van der Waals surface area (Å²) in [5.41, 5.74) is 1.43. The molecule has 0 aromatic heterocycles. The van der Waals surface area contributed by atoms with Crippen molar-refractivity contribution in [2.75, 3.05) is 0 Å². The van der Waals surface area contributed by atoms with Crippen LogP contribution in [0, 0.1) is 6.92 Å². The summed E-state index contributed by atoms with van der Waals surface area (Å²) in [6.45, 7) is 10.8. The minimum Gasteiger partial charge on any atom is -0.103 e. The van der Waals surface area contributed by atoms with Crippen LogP contribution in [-0.4, -0.2) is 8.07 Å². The molecule has 0 N–H and O–H groups in total. The van der Waals surface area contributed by atoms with E-state index in [1.807, 2.05) is 0 Å². The molecule has 70 valence electrons. The largest absolute Gasteiger partial charge is 0.103 e. The fraction of sp³-hybridized carbons (Fsp3) is 0.333. The van der Waals surface area contributed by atoms with Gasteiger partial charge in [0.1, 0.15) is 0 Å². The second kappa shape index (κ2) is 3.92. The number of allylic oxidation sites excluding steroid dienone is 1. The van der Waals surface area contributed by atoms with Gasteiger partial charge in [0.25, 0.3) is 0 Å². The molecule has 0 atom stereocenters. The average Bonchev–Trinajstić information content (AvgIpc) is 2.04. The van der Waals surface area contributed by atoms with Gasteiger partial charge in [0.2, 0.25) is 0 Å². The van der Waals surface area contributed by atoms with Crippen LogP contribution in [0.4, 0.5) is 0 Å². The lowest BCUT2D eigenvalue weighted by Gasteiger charge is -2.23. The number of hydrogen-bond donors (Lipinski definition) is 0. The molecule has 1 heteroatoms. The molecule has 0 saturated heterocycles. The number of rotatable bonds is 3. The van der Waals surface area contributed by atoms with Gasteiger partial charge in [-0.25, -0.2) is 0 Å². The lowest BCUT2D eigenvalue weighted by atomic mass is 10.2. The van der Waals surface area contributed by atoms with Crippen molar-refractivity contribution in [2.24, 2.45) is 0 Å². The SMILES string of the molecule is C=CC[Si](C)(C)c1ccccc1C. The van der Waals surface area contributed by atoms with Crippen molar-refractivity contribution in [3.05, 3.63) is 42.5 Å². The van der Waals surface area contributed by atoms with Crippen molar-refractivity contribution in [3.63, 3.8) is 0 Å². The van der Waals surface area contributed by atoms with Crippen LogP contribution in [0.5, 0.6) is 0 Å². The maximum Gasteiger partial charge on any atom is 0.0846 e. The summed E-state index contributed by atoms with van der Waals surface area (Å²) in [5, 5.41) is 1.56. The maximum absolute atomic E-state index is 3.84. The number of hydrogen-bond acceptors (Lipinski definition) is 0. The quantitative estimate of drug-likeness (QED) is 0.507. The first-order chi connectivity index (χ1) is 6.08. The van der Waals surface area contributed by atoms with Crippen molar-refractivity contribution < 1.29 is 0 Å². The number of aryl methyl sites for hydroxylation is 1. The first-order valence-electron chi connectivity index (χ1n) is 4.75. The van der Waals surface area contributed by atoms with Gasteiger partial charge in [0.05, 0.1) is 8.07 Å². The molecule has 1 aromatic rings. The summed E-state index contributed by atoms with van der Waals surface area (Å²) in [6.07, 6.45) is 2.05. The van der Waals surface area contributed by atoms with Crippen LogP contribution in [-0.2, 0) is 0 Å². The van der Waals surface area contributed by atoms with E-state index in [9.17, 15) is 0 Å². The molecule has 0 spiro atoms. The van der Waals surface area contributed by atoms with E-state index in [1.165, 1.54) is 5.56 Å². The zero-order valence-electron chi connectivity index (χ0n) is 8.80. The van der Waals surface area contributed by atoms with Gasteiger partial charge in [-0.3, -0.25) is 0 Å². The molecule has 13 heavy (non-hydrogen) atoms. The summed E-state index contributed by atoms with van der Waals surface area (Å²) < 4.78 is 0. The van der Waals surface area contributed by atoms with Crippen molar-refractivity contribution in [1.29, 1.82) is 0 Å². The van der Waals surface area contributed by atoms with E-state index in [1.54, 1.807) is 5.19 Å². The van der Waals surface area contributed by atoms with Gasteiger partial charge in [-0.2, -0.15) is 0 Å². The first kappa shape index (κ1) is 10.3. The Bertz CT molecular complexity index is 300. The molecule has 0 amide bonds. The summed E-state index contributed by atoms with van der Waals surface area (Å²) in [7, 11) is -1.24. The minimum atomic E-state index is -1.24. The Morgan fingerprint density at radius 3 is 2.46 bits per heavy atom. The Labute approximate surface area is 82.3 Å². The fourth-order valence-corrected chi connectivity index (χ4v) is 4.44. The van der Waals surface area contributed by atoms with E-state index in [-0.39, 0.29) is 0 Å². The average molecular weight is 190 g/mol. The van der Waals surface area contributed by atoms with Gasteiger partial charge in [-0.05, 0) is 13.0 Å². The van der Waals surface area contributed by atoms with Crippen LogP contribution in [0.1, 0.15) is 5.56 Å². The molecule has 0 radical (unpaired) electrons. The van der Waals surface area contributed by atoms with Crippen molar-refractivity contribution in [2.45, 2.75) is 26.1 Å². The third-order valence-electron chi connectivity index (χ3n) is 2.53. The molecule has 0 aliphatic rings. The Morgan fingerprint density at radius 1 is 1.31 bits per heavy atom. The molecule has 0 aliphatic heterocycles. The van der Waals surface area contributed by atoms with E-state index in [4.69, 9.17) is 0 Å². The zero-order chi connectivity index (χ0) is 9.90. The van der Waals surface area contributed by atoms with Gasteiger partial charge in [-0.1, -0.05) is 54.2 Å². The molecular formula is C12H18Si. The van der Waals surface area contributed by atoms with Gasteiger partial charge in [0, 0.05) is 0 Å². The molecule has 0 unspecified atom stereocenters. The van der Waals surface area contributed by atoms with Crippen molar-refractivity contribution in [3.8, 4) is 0 Å². The predicted molar refractivity (Wildman–Crippen MR) is 63.3 cm³/mol. The molecule has 0 saturated carbocycles. The maximum atomic E-state index is 3.84. The molecular weight excluding hydrogens is 172 g/mol. The predicted octanol–water partition coefficient (Wildman–Crippen LogP) is 3.10. The molecule has 1 rings (SSSR count). The zero-order valence-corrected chi connectivity index (χ0v) is 9.80. The smallest absolute Gasteiger partial charge is 0.0846 e. The van der Waals surface area contributed by atoms with Gasteiger partial charge < -0.3 is 0 Å². The molecule has 0 bridgehead atoms. The highest BCUT2D eigenvalue weighted by atomic mass is 28.3. The Morgan fingerprint density at radius 2 is 1.92 bits per heavy atom. The lowest BCUT2D eigenvalue weighted by Crippen LogP contribution is -2.42. The highest BCUT2D eigenvalue weighted by Crippen LogP contribution is 2.12. The van der Waals surface area contributed by atoms with Crippen LogP contribution < -0.4 is 5.19 Å². The van der Waals surface area contributed by atoms with Crippen LogP contribution in [0.3, 0.4) is 0 Å². The molecule has 0 fully saturated rings. The monoisotopic (exact) mass is 190 g/mol. The summed E-state index contributed by atoms with van der Waals surface area (Å²) in [5.74, 6) is 0. The summed E-state index contributed by atoms with van der Waals surface area (Å²) in [6, 6.07) is 9.88. The topological polar surface area (TPSA) is 0 Å². The van der Waals surface area contributed by atoms with Crippen LogP contribution in [0.25, 0.3) is 0 Å². The third-order valence-corrected chi connectivity index (χ3v) is 5.86. The van der Waals surface area contributed by atoms with E-state index in [0.29, 0.717) is 0 Å². The molecule has 0 nitrogen and oxygen atoms in total. The van der Waals surface area contributed by atoms with E-state index in [0.717, 1.165) is 6.04 Å². The highest BCUT2D eigenvalue weighted by Gasteiger charge is 2.22. The first-order valence-corrected chi connectivity index (χ1v) is 7.95. The molecule has 0 heterocycles. The second-order valence-electron chi connectivity index (χ2n) is 4.19. The Kier molecular flexibility index (Phi) is 3.10. The van der Waals surface area contributed by atoms with Crippen LogP contribution >= 0.6 is 0 Å². The Hall–Kier alpha value is -0.823. The molecule has 1 aromatic carbocycles. The van der Waals surface area contributed by atoms with Crippen LogP contribution in [0.15, 0.2) is 36.9 Å². The van der Waals surface area contributed by atoms with Gasteiger partial charge in [-0.15, -0.1) is 6.58 Å². The third kappa shape index (κ3) is 2.31. The number of benzene rings is 1.